The maximum Gasteiger partial charge on any atom is 0.303 e. The summed E-state index contributed by atoms with van der Waals surface area (Å²) in [5, 5.41) is 9.14. The van der Waals surface area contributed by atoms with Crippen LogP contribution >= 0.6 is 0 Å². The quantitative estimate of drug-likeness (QED) is 0.378. The Labute approximate surface area is 219 Å². The molecule has 0 aromatic carbocycles. The van der Waals surface area contributed by atoms with Crippen LogP contribution in [0.25, 0.3) is 0 Å². The number of carbonyl (C=O) groups is 2. The topological polar surface area (TPSA) is 72.8 Å². The number of allylic oxidation sites excluding steroid dienone is 2. The van der Waals surface area contributed by atoms with Crippen LogP contribution in [0.4, 0.5) is 0 Å². The first kappa shape index (κ1) is 29.4. The van der Waals surface area contributed by atoms with Gasteiger partial charge < -0.3 is 14.6 Å². The van der Waals surface area contributed by atoms with E-state index in [2.05, 4.69) is 26.8 Å². The second-order valence-corrected chi connectivity index (χ2v) is 12.2. The van der Waals surface area contributed by atoms with E-state index in [0.717, 1.165) is 89.2 Å². The molecule has 1 heterocycles. The summed E-state index contributed by atoms with van der Waals surface area (Å²) < 4.78 is 12.3. The van der Waals surface area contributed by atoms with E-state index < -0.39 is 5.97 Å². The molecule has 1 saturated heterocycles. The lowest BCUT2D eigenvalue weighted by atomic mass is 9.70. The van der Waals surface area contributed by atoms with Crippen molar-refractivity contribution in [3.8, 4) is 0 Å². The predicted molar refractivity (Wildman–Crippen MR) is 144 cm³/mol. The van der Waals surface area contributed by atoms with Crippen LogP contribution in [-0.4, -0.2) is 35.9 Å². The molecule has 5 nitrogen and oxygen atoms in total. The molecule has 3 aliphatic rings. The van der Waals surface area contributed by atoms with E-state index in [4.69, 9.17) is 14.6 Å². The van der Waals surface area contributed by atoms with Crippen molar-refractivity contribution in [3.05, 3.63) is 11.6 Å². The third kappa shape index (κ3) is 8.41. The van der Waals surface area contributed by atoms with Crippen LogP contribution in [0.1, 0.15) is 118 Å². The van der Waals surface area contributed by atoms with Crippen LogP contribution in [0.3, 0.4) is 0 Å². The van der Waals surface area contributed by atoms with Gasteiger partial charge in [-0.2, -0.15) is 0 Å². The van der Waals surface area contributed by atoms with Gasteiger partial charge in [-0.05, 0) is 106 Å². The molecule has 5 heteroatoms. The van der Waals surface area contributed by atoms with Crippen molar-refractivity contribution in [1.29, 1.82) is 0 Å². The Morgan fingerprint density at radius 3 is 2.47 bits per heavy atom. The number of carboxylic acids is 1. The third-order valence-electron chi connectivity index (χ3n) is 9.51. The Bertz CT molecular complexity index is 724. The van der Waals surface area contributed by atoms with Crippen molar-refractivity contribution in [2.24, 2.45) is 35.5 Å². The molecule has 3 rings (SSSR count). The van der Waals surface area contributed by atoms with E-state index in [1.165, 1.54) is 6.42 Å². The lowest BCUT2D eigenvalue weighted by Gasteiger charge is -2.36. The fourth-order valence-electron chi connectivity index (χ4n) is 7.31. The van der Waals surface area contributed by atoms with Crippen LogP contribution in [0, 0.1) is 35.5 Å². The van der Waals surface area contributed by atoms with Crippen LogP contribution in [0.5, 0.6) is 0 Å². The molecule has 5 unspecified atom stereocenters. The largest absolute Gasteiger partial charge is 0.481 e. The number of hydrogen-bond acceptors (Lipinski definition) is 4. The molecule has 0 spiro atoms. The van der Waals surface area contributed by atoms with Gasteiger partial charge in [0.15, 0.2) is 12.1 Å². The van der Waals surface area contributed by atoms with Crippen molar-refractivity contribution < 1.29 is 24.2 Å². The second kappa shape index (κ2) is 14.7. The summed E-state index contributed by atoms with van der Waals surface area (Å²) in [5.74, 6) is 1.75. The van der Waals surface area contributed by atoms with Gasteiger partial charge in [-0.25, -0.2) is 0 Å². The minimum Gasteiger partial charge on any atom is -0.481 e. The molecule has 0 aromatic rings. The van der Waals surface area contributed by atoms with Crippen molar-refractivity contribution >= 4 is 11.8 Å². The average Bonchev–Trinajstić information content (AvgIpc) is 2.92. The lowest BCUT2D eigenvalue weighted by molar-refractivity contribution is -0.192. The fraction of sp³-hybridized carbons (Fsp3) is 0.871. The molecule has 0 aromatic heterocycles. The number of carboxylic acid groups (broad SMARTS) is 1. The summed E-state index contributed by atoms with van der Waals surface area (Å²) in [5.41, 5.74) is 1.00. The van der Waals surface area contributed by atoms with Crippen LogP contribution in [0.15, 0.2) is 11.6 Å². The molecular formula is C31H52O5. The Balaban J connectivity index is 1.73. The second-order valence-electron chi connectivity index (χ2n) is 12.2. The maximum absolute atomic E-state index is 14.1. The van der Waals surface area contributed by atoms with Gasteiger partial charge >= 0.3 is 5.97 Å². The molecule has 1 aliphatic heterocycles. The van der Waals surface area contributed by atoms with Gasteiger partial charge in [0.1, 0.15) is 0 Å². The van der Waals surface area contributed by atoms with Crippen molar-refractivity contribution in [2.45, 2.75) is 130 Å². The van der Waals surface area contributed by atoms with Gasteiger partial charge in [-0.1, -0.05) is 46.1 Å². The summed E-state index contributed by atoms with van der Waals surface area (Å²) in [7, 11) is 0. The van der Waals surface area contributed by atoms with Crippen LogP contribution in [0.2, 0.25) is 0 Å². The van der Waals surface area contributed by atoms with Gasteiger partial charge in [0.2, 0.25) is 0 Å². The smallest absolute Gasteiger partial charge is 0.303 e. The number of rotatable bonds is 6. The fourth-order valence-corrected chi connectivity index (χ4v) is 7.31. The molecule has 3 fully saturated rings. The molecule has 36 heavy (non-hydrogen) atoms. The number of ether oxygens (including phenoxy) is 2. The van der Waals surface area contributed by atoms with Crippen molar-refractivity contribution in [2.75, 3.05) is 6.61 Å². The minimum absolute atomic E-state index is 0.0821. The van der Waals surface area contributed by atoms with E-state index in [0.29, 0.717) is 29.5 Å². The lowest BCUT2D eigenvalue weighted by Crippen LogP contribution is -2.35. The Kier molecular flexibility index (Phi) is 12.0. The molecule has 2 aliphatic carbocycles. The molecule has 206 valence electrons. The van der Waals surface area contributed by atoms with Gasteiger partial charge in [0.05, 0.1) is 6.10 Å². The molecular weight excluding hydrogens is 452 g/mol. The zero-order valence-corrected chi connectivity index (χ0v) is 23.4. The summed E-state index contributed by atoms with van der Waals surface area (Å²) in [6.45, 7) is 9.57. The zero-order chi connectivity index (χ0) is 26.1. The number of carbonyl (C=O) groups excluding carboxylic acids is 1. The van der Waals surface area contributed by atoms with E-state index in [-0.39, 0.29) is 30.7 Å². The molecule has 8 atom stereocenters. The number of hydrogen-bond donors (Lipinski definition) is 1. The van der Waals surface area contributed by atoms with Crippen LogP contribution < -0.4 is 0 Å². The summed E-state index contributed by atoms with van der Waals surface area (Å²) in [6.07, 6.45) is 16.1. The van der Waals surface area contributed by atoms with E-state index >= 15 is 0 Å². The number of fused-ring (bicyclic) bond motifs is 1. The van der Waals surface area contributed by atoms with Gasteiger partial charge in [-0.3, -0.25) is 9.59 Å². The Morgan fingerprint density at radius 1 is 1.06 bits per heavy atom. The first-order valence-corrected chi connectivity index (χ1v) is 15.0. The third-order valence-corrected chi connectivity index (χ3v) is 9.51. The molecule has 1 N–H and O–H groups in total. The first-order valence-electron chi connectivity index (χ1n) is 15.0. The van der Waals surface area contributed by atoms with E-state index in [1.807, 2.05) is 6.92 Å². The normalized spacial score (nSPS) is 37.3. The molecule has 0 bridgehead atoms. The standard InChI is InChI=1S/C31H52O5/c1-5-27-23(4)20-26(36-29-14-6-7-19-35-29)13-9-12-25-11-8-10-24(21(2)16-18-28(32)33)17-15-22(3)30(25)31(27)34/h5,21-26,29-30H,6-20H2,1-4H3,(H,32,33)/b27-5+/t21-,22?,23+,24?,25?,26-,29?,30?/m1/s1. The van der Waals surface area contributed by atoms with Gasteiger partial charge in [-0.15, -0.1) is 0 Å². The zero-order valence-electron chi connectivity index (χ0n) is 23.4. The number of aliphatic carboxylic acids is 1. The van der Waals surface area contributed by atoms with E-state index in [1.54, 1.807) is 0 Å². The minimum atomic E-state index is -0.695. The highest BCUT2D eigenvalue weighted by Crippen LogP contribution is 2.42. The highest BCUT2D eigenvalue weighted by Gasteiger charge is 2.38. The highest BCUT2D eigenvalue weighted by molar-refractivity contribution is 5.97. The Hall–Kier alpha value is -1.20. The molecule has 0 radical (unpaired) electrons. The summed E-state index contributed by atoms with van der Waals surface area (Å²) in [6, 6.07) is 0. The van der Waals surface area contributed by atoms with E-state index in [9.17, 15) is 9.59 Å². The SMILES string of the molecule is C/C=C1/C(=O)C2C(C)CCC([C@H](C)CCC(=O)O)CCCC2CCC[C@@H](OC2CCCCO2)C[C@@H]1C. The average molecular weight is 505 g/mol. The molecule has 2 saturated carbocycles. The molecule has 0 amide bonds. The van der Waals surface area contributed by atoms with Crippen molar-refractivity contribution in [3.63, 3.8) is 0 Å². The maximum atomic E-state index is 14.1. The first-order chi connectivity index (χ1) is 17.3. The predicted octanol–water partition coefficient (Wildman–Crippen LogP) is 7.57. The van der Waals surface area contributed by atoms with Gasteiger partial charge in [0, 0.05) is 18.9 Å². The monoisotopic (exact) mass is 504 g/mol. The summed E-state index contributed by atoms with van der Waals surface area (Å²) >= 11 is 0. The number of Topliss-reactive ketones (excluding diaryl/α,β-unsaturated/α-hetero) is 1. The Morgan fingerprint density at radius 2 is 1.81 bits per heavy atom. The van der Waals surface area contributed by atoms with Crippen LogP contribution in [-0.2, 0) is 19.1 Å². The summed E-state index contributed by atoms with van der Waals surface area (Å²) in [4.78, 5) is 25.2. The number of ketones is 1. The highest BCUT2D eigenvalue weighted by atomic mass is 16.7. The van der Waals surface area contributed by atoms with Crippen molar-refractivity contribution in [1.82, 2.24) is 0 Å². The van der Waals surface area contributed by atoms with Gasteiger partial charge in [0.25, 0.3) is 0 Å².